The number of benzene rings is 2. The van der Waals surface area contributed by atoms with Gasteiger partial charge >= 0.3 is 5.97 Å². The third kappa shape index (κ3) is 6.94. The molecule has 0 bridgehead atoms. The van der Waals surface area contributed by atoms with Crippen LogP contribution in [0.4, 0.5) is 9.80 Å². The van der Waals surface area contributed by atoms with E-state index in [0.717, 1.165) is 63.9 Å². The summed E-state index contributed by atoms with van der Waals surface area (Å²) in [4.78, 5) is 53.8. The molecule has 0 spiro atoms. The Bertz CT molecular complexity index is 1610. The lowest BCUT2D eigenvalue weighted by Gasteiger charge is -2.13. The summed E-state index contributed by atoms with van der Waals surface area (Å²) in [6.07, 6.45) is 5.14. The lowest BCUT2D eigenvalue weighted by atomic mass is 9.95. The number of hydrogen-bond acceptors (Lipinski definition) is 9. The second kappa shape index (κ2) is 13.5. The summed E-state index contributed by atoms with van der Waals surface area (Å²) in [5, 5.41) is 2.61. The summed E-state index contributed by atoms with van der Waals surface area (Å²) in [5.41, 5.74) is 4.10. The average molecular weight is 621 g/mol. The predicted octanol–water partition coefficient (Wildman–Crippen LogP) is 6.37. The quantitative estimate of drug-likeness (QED) is 0.206. The first-order chi connectivity index (χ1) is 20.8. The van der Waals surface area contributed by atoms with Gasteiger partial charge in [0.05, 0.1) is 24.2 Å². The highest BCUT2D eigenvalue weighted by Crippen LogP contribution is 2.39. The number of thiophene rings is 1. The van der Waals surface area contributed by atoms with Crippen molar-refractivity contribution in [3.05, 3.63) is 80.1 Å². The van der Waals surface area contributed by atoms with Gasteiger partial charge in [-0.15, -0.1) is 11.3 Å². The Balaban J connectivity index is 1.26. The number of aryl methyl sites for hydroxylation is 2. The number of carbonyl (C=O) groups is 4. The Hall–Kier alpha value is -4.09. The van der Waals surface area contributed by atoms with Crippen LogP contribution < -0.4 is 14.8 Å². The standard InChI is InChI=1S/C32H32N2O7S2/c1-4-40-31(37)28-22-10-5-6-11-25(22)42-29(28)33-27(35)17-34-30(36)26(43-32(34)38)16-20-12-13-23(24(15-20)39-3)41-18-21-9-7-8-19(2)14-21/h7-9,12-16H,4-6,10-11,17-18H2,1-3H3,(H,33,35). The van der Waals surface area contributed by atoms with Crippen LogP contribution in [-0.4, -0.2) is 48.2 Å². The fourth-order valence-corrected chi connectivity index (χ4v) is 7.16. The minimum atomic E-state index is -0.569. The van der Waals surface area contributed by atoms with E-state index in [4.69, 9.17) is 14.2 Å². The number of rotatable bonds is 10. The Labute approximate surface area is 258 Å². The van der Waals surface area contributed by atoms with Crippen molar-refractivity contribution in [2.45, 2.75) is 46.1 Å². The van der Waals surface area contributed by atoms with E-state index in [1.165, 1.54) is 18.4 Å². The van der Waals surface area contributed by atoms with E-state index < -0.39 is 29.6 Å². The van der Waals surface area contributed by atoms with Crippen molar-refractivity contribution < 1.29 is 33.4 Å². The molecule has 0 radical (unpaired) electrons. The van der Waals surface area contributed by atoms with E-state index >= 15 is 0 Å². The first-order valence-electron chi connectivity index (χ1n) is 14.0. The molecule has 1 saturated heterocycles. The molecule has 0 unspecified atom stereocenters. The van der Waals surface area contributed by atoms with Crippen LogP contribution in [-0.2, 0) is 33.8 Å². The highest BCUT2D eigenvalue weighted by molar-refractivity contribution is 8.18. The number of imide groups is 1. The first-order valence-corrected chi connectivity index (χ1v) is 15.6. The maximum atomic E-state index is 13.1. The fourth-order valence-electron chi connectivity index (χ4n) is 5.03. The van der Waals surface area contributed by atoms with Crippen LogP contribution in [0.2, 0.25) is 0 Å². The average Bonchev–Trinajstić information content (AvgIpc) is 3.48. The Morgan fingerprint density at radius 2 is 1.88 bits per heavy atom. The molecule has 2 aromatic carbocycles. The van der Waals surface area contributed by atoms with Crippen molar-refractivity contribution in [3.63, 3.8) is 0 Å². The molecule has 2 heterocycles. The van der Waals surface area contributed by atoms with E-state index in [1.807, 2.05) is 31.2 Å². The topological polar surface area (TPSA) is 111 Å². The maximum absolute atomic E-state index is 13.1. The number of methoxy groups -OCH3 is 1. The van der Waals surface area contributed by atoms with Gasteiger partial charge in [0.1, 0.15) is 18.2 Å². The first kappa shape index (κ1) is 30.4. The normalized spacial score (nSPS) is 15.4. The molecule has 11 heteroatoms. The van der Waals surface area contributed by atoms with Crippen LogP contribution in [0.3, 0.4) is 0 Å². The van der Waals surface area contributed by atoms with E-state index in [9.17, 15) is 19.2 Å². The highest BCUT2D eigenvalue weighted by Gasteiger charge is 2.37. The van der Waals surface area contributed by atoms with Crippen LogP contribution in [0.25, 0.3) is 6.08 Å². The number of fused-ring (bicyclic) bond motifs is 1. The van der Waals surface area contributed by atoms with Gasteiger partial charge in [0.25, 0.3) is 11.1 Å². The van der Waals surface area contributed by atoms with Crippen molar-refractivity contribution in [2.75, 3.05) is 25.6 Å². The lowest BCUT2D eigenvalue weighted by Crippen LogP contribution is -2.36. The van der Waals surface area contributed by atoms with Gasteiger partial charge in [-0.3, -0.25) is 19.3 Å². The molecular formula is C32H32N2O7S2. The van der Waals surface area contributed by atoms with Crippen molar-refractivity contribution >= 4 is 57.2 Å². The van der Waals surface area contributed by atoms with E-state index in [0.29, 0.717) is 34.2 Å². The number of thioether (sulfide) groups is 1. The van der Waals surface area contributed by atoms with E-state index in [2.05, 4.69) is 5.32 Å². The van der Waals surface area contributed by atoms with Crippen molar-refractivity contribution in [2.24, 2.45) is 0 Å². The summed E-state index contributed by atoms with van der Waals surface area (Å²) >= 11 is 2.12. The summed E-state index contributed by atoms with van der Waals surface area (Å²) < 4.78 is 16.7. The second-order valence-electron chi connectivity index (χ2n) is 10.1. The number of amides is 3. The van der Waals surface area contributed by atoms with Crippen LogP contribution in [0.1, 0.15) is 57.3 Å². The monoisotopic (exact) mass is 620 g/mol. The number of anilines is 1. The van der Waals surface area contributed by atoms with Crippen LogP contribution in [0.15, 0.2) is 47.4 Å². The molecule has 0 atom stereocenters. The van der Waals surface area contributed by atoms with E-state index in [1.54, 1.807) is 31.2 Å². The third-order valence-electron chi connectivity index (χ3n) is 7.04. The molecule has 43 heavy (non-hydrogen) atoms. The summed E-state index contributed by atoms with van der Waals surface area (Å²) in [6.45, 7) is 3.86. The number of ether oxygens (including phenoxy) is 3. The zero-order chi connectivity index (χ0) is 30.5. The number of hydrogen-bond donors (Lipinski definition) is 1. The van der Waals surface area contributed by atoms with Crippen LogP contribution in [0.5, 0.6) is 11.5 Å². The Morgan fingerprint density at radius 1 is 1.07 bits per heavy atom. The van der Waals surface area contributed by atoms with Crippen molar-refractivity contribution in [1.29, 1.82) is 0 Å². The van der Waals surface area contributed by atoms with E-state index in [-0.39, 0.29) is 11.5 Å². The predicted molar refractivity (Wildman–Crippen MR) is 167 cm³/mol. The van der Waals surface area contributed by atoms with Gasteiger partial charge in [0.2, 0.25) is 5.91 Å². The fraction of sp³-hybridized carbons (Fsp3) is 0.312. The zero-order valence-corrected chi connectivity index (χ0v) is 25.8. The van der Waals surface area contributed by atoms with Gasteiger partial charge in [0.15, 0.2) is 11.5 Å². The number of nitrogens with zero attached hydrogens (tertiary/aromatic N) is 1. The smallest absolute Gasteiger partial charge is 0.341 e. The van der Waals surface area contributed by atoms with Gasteiger partial charge in [0, 0.05) is 4.88 Å². The van der Waals surface area contributed by atoms with Gasteiger partial charge in [-0.1, -0.05) is 35.9 Å². The molecule has 3 amide bonds. The number of nitrogens with one attached hydrogen (secondary N) is 1. The third-order valence-corrected chi connectivity index (χ3v) is 9.16. The van der Waals surface area contributed by atoms with Crippen LogP contribution >= 0.6 is 23.1 Å². The van der Waals surface area contributed by atoms with Crippen molar-refractivity contribution in [1.82, 2.24) is 4.90 Å². The van der Waals surface area contributed by atoms with Gasteiger partial charge in [-0.25, -0.2) is 4.79 Å². The largest absolute Gasteiger partial charge is 0.493 e. The molecule has 224 valence electrons. The molecular weight excluding hydrogens is 588 g/mol. The zero-order valence-electron chi connectivity index (χ0n) is 24.2. The summed E-state index contributed by atoms with van der Waals surface area (Å²) in [7, 11) is 1.53. The molecule has 1 fully saturated rings. The van der Waals surface area contributed by atoms with Crippen LogP contribution in [0, 0.1) is 6.92 Å². The van der Waals surface area contributed by atoms with Gasteiger partial charge in [-0.05, 0) is 86.2 Å². The summed E-state index contributed by atoms with van der Waals surface area (Å²) in [5.74, 6) is -0.586. The second-order valence-corrected chi connectivity index (χ2v) is 12.2. The minimum absolute atomic E-state index is 0.187. The Kier molecular flexibility index (Phi) is 9.52. The molecule has 5 rings (SSSR count). The molecule has 1 aliphatic carbocycles. The number of esters is 1. The highest BCUT2D eigenvalue weighted by atomic mass is 32.2. The lowest BCUT2D eigenvalue weighted by molar-refractivity contribution is -0.127. The molecule has 2 aliphatic rings. The Morgan fingerprint density at radius 3 is 2.65 bits per heavy atom. The molecule has 0 saturated carbocycles. The minimum Gasteiger partial charge on any atom is -0.493 e. The van der Waals surface area contributed by atoms with Gasteiger partial charge in [-0.2, -0.15) is 0 Å². The van der Waals surface area contributed by atoms with Crippen molar-refractivity contribution in [3.8, 4) is 11.5 Å². The molecule has 1 aliphatic heterocycles. The SMILES string of the molecule is CCOC(=O)c1c(NC(=O)CN2C(=O)SC(=Cc3ccc(OCc4cccc(C)c4)c(OC)c3)C2=O)sc2c1CCCC2. The summed E-state index contributed by atoms with van der Waals surface area (Å²) in [6, 6.07) is 13.3. The molecule has 1 N–H and O–H groups in total. The molecule has 1 aromatic heterocycles. The maximum Gasteiger partial charge on any atom is 0.341 e. The number of carbonyl (C=O) groups excluding carboxylic acids is 4. The molecule has 3 aromatic rings. The van der Waals surface area contributed by atoms with Gasteiger partial charge < -0.3 is 19.5 Å². The molecule has 9 nitrogen and oxygen atoms in total.